The van der Waals surface area contributed by atoms with Crippen LogP contribution in [0.3, 0.4) is 0 Å². The number of amides is 2. The van der Waals surface area contributed by atoms with E-state index in [0.717, 1.165) is 34.4 Å². The van der Waals surface area contributed by atoms with Gasteiger partial charge in [0.1, 0.15) is 25.1 Å². The summed E-state index contributed by atoms with van der Waals surface area (Å²) in [4.78, 5) is 57.4. The number of anilines is 2. The van der Waals surface area contributed by atoms with Crippen molar-refractivity contribution in [2.45, 2.75) is 38.1 Å². The average Bonchev–Trinajstić information content (AvgIpc) is 3.84. The first-order valence-electron chi connectivity index (χ1n) is 19.5. The molecule has 3 aliphatic heterocycles. The molecular weight excluding hydrogens is 777 g/mol. The molecule has 0 saturated heterocycles. The number of methoxy groups -OCH3 is 2. The summed E-state index contributed by atoms with van der Waals surface area (Å²) in [7, 11) is 2.97. The fourth-order valence-corrected chi connectivity index (χ4v) is 7.72. The Morgan fingerprint density at radius 2 is 1.30 bits per heavy atom. The highest BCUT2D eigenvalue weighted by molar-refractivity contribution is 6.15. The van der Waals surface area contributed by atoms with E-state index in [1.54, 1.807) is 31.4 Å². The third kappa shape index (κ3) is 8.13. The van der Waals surface area contributed by atoms with E-state index in [9.17, 15) is 24.5 Å². The molecular formula is C48H40N4O9. The van der Waals surface area contributed by atoms with Gasteiger partial charge in [-0.15, -0.1) is 0 Å². The molecule has 6 aromatic carbocycles. The number of para-hydroxylation sites is 2. The van der Waals surface area contributed by atoms with E-state index in [4.69, 9.17) is 18.9 Å². The fraction of sp³-hybridized carbons (Fsp3) is 0.167. The van der Waals surface area contributed by atoms with Crippen molar-refractivity contribution >= 4 is 47.1 Å². The van der Waals surface area contributed by atoms with Gasteiger partial charge in [-0.2, -0.15) is 0 Å². The molecule has 13 nitrogen and oxygen atoms in total. The Balaban J connectivity index is 0.000000169. The van der Waals surface area contributed by atoms with Crippen molar-refractivity contribution in [2.24, 2.45) is 4.99 Å². The van der Waals surface area contributed by atoms with Gasteiger partial charge < -0.3 is 23.7 Å². The molecule has 6 aromatic rings. The number of hydrogen-bond donors (Lipinski definition) is 0. The standard InChI is InChI=1S/C24H20N2O6.C24H20N2O3/c1-31-22-12-19(24(28)25-18(14-27)11-17-9-5-6-10-20(17)25)21(26(29)30)13-23(22)32-15-16-7-3-2-4-8-16;1-28-22-12-19-20(13-23(22)29-15-16-7-3-2-4-8-16)25-14-18-11-17-9-5-6-10-21(17)26(18)24(19)27/h2-10,12-14,18H,11,15H2,1H3;2-10,12-14,18H,11,15H2,1H3/t2*18-/m00/s1. The zero-order valence-electron chi connectivity index (χ0n) is 33.3. The van der Waals surface area contributed by atoms with E-state index in [2.05, 4.69) is 11.1 Å². The van der Waals surface area contributed by atoms with Crippen molar-refractivity contribution in [1.82, 2.24) is 0 Å². The smallest absolute Gasteiger partial charge is 0.286 e. The number of nitro groups is 1. The second-order valence-corrected chi connectivity index (χ2v) is 14.4. The van der Waals surface area contributed by atoms with E-state index >= 15 is 0 Å². The Labute approximate surface area is 351 Å². The van der Waals surface area contributed by atoms with E-state index in [1.165, 1.54) is 24.1 Å². The van der Waals surface area contributed by atoms with Crippen LogP contribution in [0.5, 0.6) is 23.0 Å². The number of fused-ring (bicyclic) bond motifs is 5. The van der Waals surface area contributed by atoms with Gasteiger partial charge in [0.2, 0.25) is 0 Å². The molecule has 13 heteroatoms. The quantitative estimate of drug-likeness (QED) is 0.0713. The molecule has 0 aromatic heterocycles. The lowest BCUT2D eigenvalue weighted by Gasteiger charge is -2.22. The lowest BCUT2D eigenvalue weighted by molar-refractivity contribution is -0.385. The summed E-state index contributed by atoms with van der Waals surface area (Å²) >= 11 is 0. The second kappa shape index (κ2) is 17.6. The van der Waals surface area contributed by atoms with Crippen molar-refractivity contribution in [1.29, 1.82) is 0 Å². The van der Waals surface area contributed by atoms with Crippen LogP contribution in [0.15, 0.2) is 138 Å². The molecule has 0 fully saturated rings. The molecule has 3 heterocycles. The first-order valence-corrected chi connectivity index (χ1v) is 19.5. The highest BCUT2D eigenvalue weighted by Gasteiger charge is 2.38. The van der Waals surface area contributed by atoms with Crippen LogP contribution >= 0.6 is 0 Å². The summed E-state index contributed by atoms with van der Waals surface area (Å²) in [6, 6.07) is 39.6. The summed E-state index contributed by atoms with van der Waals surface area (Å²) < 4.78 is 22.6. The zero-order chi connectivity index (χ0) is 42.5. The minimum absolute atomic E-state index is 0.0691. The van der Waals surface area contributed by atoms with Gasteiger partial charge in [-0.1, -0.05) is 97.1 Å². The molecule has 0 saturated carbocycles. The lowest BCUT2D eigenvalue weighted by atomic mass is 10.1. The Morgan fingerprint density at radius 3 is 1.90 bits per heavy atom. The molecule has 0 N–H and O–H groups in total. The number of carbonyl (C=O) groups excluding carboxylic acids is 3. The van der Waals surface area contributed by atoms with Crippen LogP contribution < -0.4 is 28.7 Å². The average molecular weight is 817 g/mol. The molecule has 9 rings (SSSR count). The number of nitrogens with zero attached hydrogens (tertiary/aromatic N) is 4. The van der Waals surface area contributed by atoms with Crippen LogP contribution in [-0.4, -0.2) is 55.5 Å². The third-order valence-electron chi connectivity index (χ3n) is 10.7. The minimum Gasteiger partial charge on any atom is -0.493 e. The van der Waals surface area contributed by atoms with Crippen molar-refractivity contribution < 1.29 is 38.3 Å². The Hall–Kier alpha value is -7.80. The Bertz CT molecular complexity index is 2650. The van der Waals surface area contributed by atoms with Gasteiger partial charge in [0, 0.05) is 42.6 Å². The maximum absolute atomic E-state index is 13.4. The van der Waals surface area contributed by atoms with Crippen molar-refractivity contribution in [3.8, 4) is 23.0 Å². The van der Waals surface area contributed by atoms with E-state index in [0.29, 0.717) is 47.8 Å². The SMILES string of the molecule is COc1cc(C(=O)N2c3ccccc3C[C@H]2C=O)c([N+](=O)[O-])cc1OCc1ccccc1.COc1cc2c(cc1OCc1ccccc1)N=C[C@@H]1Cc3ccccc3N1C2=O. The van der Waals surface area contributed by atoms with Gasteiger partial charge in [-0.05, 0) is 40.5 Å². The highest BCUT2D eigenvalue weighted by atomic mass is 16.6. The van der Waals surface area contributed by atoms with Gasteiger partial charge in [-0.25, -0.2) is 0 Å². The molecule has 61 heavy (non-hydrogen) atoms. The van der Waals surface area contributed by atoms with Gasteiger partial charge in [0.25, 0.3) is 17.5 Å². The van der Waals surface area contributed by atoms with Gasteiger partial charge in [-0.3, -0.25) is 34.5 Å². The Kier molecular flexibility index (Phi) is 11.5. The van der Waals surface area contributed by atoms with Crippen LogP contribution in [0.4, 0.5) is 22.7 Å². The second-order valence-electron chi connectivity index (χ2n) is 14.4. The zero-order valence-corrected chi connectivity index (χ0v) is 33.3. The predicted molar refractivity (Wildman–Crippen MR) is 230 cm³/mol. The first kappa shape index (κ1) is 40.0. The Morgan fingerprint density at radius 1 is 0.738 bits per heavy atom. The van der Waals surface area contributed by atoms with E-state index in [-0.39, 0.29) is 35.6 Å². The number of nitro benzene ring substituents is 1. The number of rotatable bonds is 11. The monoisotopic (exact) mass is 816 g/mol. The maximum atomic E-state index is 13.4. The number of aldehydes is 1. The molecule has 0 unspecified atom stereocenters. The van der Waals surface area contributed by atoms with Crippen LogP contribution in [0.1, 0.15) is 43.0 Å². The number of benzene rings is 6. The van der Waals surface area contributed by atoms with Gasteiger partial charge in [0.15, 0.2) is 23.0 Å². The summed E-state index contributed by atoms with van der Waals surface area (Å²) in [6.07, 6.45) is 3.66. The summed E-state index contributed by atoms with van der Waals surface area (Å²) in [6.45, 7) is 0.587. The highest BCUT2D eigenvalue weighted by Crippen LogP contribution is 2.42. The number of ether oxygens (including phenoxy) is 4. The van der Waals surface area contributed by atoms with Crippen LogP contribution in [0.25, 0.3) is 0 Å². The molecule has 2 amide bonds. The van der Waals surface area contributed by atoms with Crippen LogP contribution in [0, 0.1) is 10.1 Å². The molecule has 0 spiro atoms. The normalized spacial score (nSPS) is 15.5. The number of hydrogen-bond acceptors (Lipinski definition) is 10. The van der Waals surface area contributed by atoms with Crippen LogP contribution in [-0.2, 0) is 30.8 Å². The maximum Gasteiger partial charge on any atom is 0.286 e. The van der Waals surface area contributed by atoms with Crippen LogP contribution in [0.2, 0.25) is 0 Å². The molecule has 0 radical (unpaired) electrons. The van der Waals surface area contributed by atoms with Gasteiger partial charge in [0.05, 0.1) is 48.5 Å². The first-order chi connectivity index (χ1) is 29.8. The molecule has 0 aliphatic carbocycles. The molecule has 306 valence electrons. The molecule has 0 bridgehead atoms. The van der Waals surface area contributed by atoms with E-state index < -0.39 is 22.6 Å². The fourth-order valence-electron chi connectivity index (χ4n) is 7.72. The van der Waals surface area contributed by atoms with Crippen molar-refractivity contribution in [3.63, 3.8) is 0 Å². The summed E-state index contributed by atoms with van der Waals surface area (Å²) in [5, 5.41) is 11.8. The van der Waals surface area contributed by atoms with Gasteiger partial charge >= 0.3 is 0 Å². The number of carbonyl (C=O) groups is 3. The summed E-state index contributed by atoms with van der Waals surface area (Å²) in [5.74, 6) is 0.710. The third-order valence-corrected chi connectivity index (χ3v) is 10.7. The van der Waals surface area contributed by atoms with Crippen molar-refractivity contribution in [2.75, 3.05) is 24.0 Å². The summed E-state index contributed by atoms with van der Waals surface area (Å²) in [5.41, 5.74) is 5.95. The minimum atomic E-state index is -0.737. The predicted octanol–water partition coefficient (Wildman–Crippen LogP) is 8.51. The largest absolute Gasteiger partial charge is 0.493 e. The molecule has 3 aliphatic rings. The van der Waals surface area contributed by atoms with E-state index in [1.807, 2.05) is 102 Å². The number of aliphatic imine (C=N–C) groups is 1. The topological polar surface area (TPSA) is 150 Å². The molecule has 2 atom stereocenters. The lowest BCUT2D eigenvalue weighted by Crippen LogP contribution is -2.39. The van der Waals surface area contributed by atoms with Crippen molar-refractivity contribution in [3.05, 3.63) is 177 Å².